The fourth-order valence-corrected chi connectivity index (χ4v) is 6.01. The first-order chi connectivity index (χ1) is 13.6. The highest BCUT2D eigenvalue weighted by molar-refractivity contribution is 7.92. The lowest BCUT2D eigenvalue weighted by molar-refractivity contribution is -0.130. The Hall–Kier alpha value is -1.40. The minimum absolute atomic E-state index is 0.0655. The summed E-state index contributed by atoms with van der Waals surface area (Å²) in [5.74, 6) is -0.113. The Labute approximate surface area is 181 Å². The molecule has 30 heavy (non-hydrogen) atoms. The van der Waals surface area contributed by atoms with Crippen molar-refractivity contribution in [1.82, 2.24) is 0 Å². The topological polar surface area (TPSA) is 74.7 Å². The fourth-order valence-electron chi connectivity index (χ4n) is 4.58. The first-order valence-corrected chi connectivity index (χ1v) is 12.6. The Balaban J connectivity index is 1.71. The molecular formula is C24H37NO4S. The van der Waals surface area contributed by atoms with E-state index in [1.54, 1.807) is 20.8 Å². The van der Waals surface area contributed by atoms with Gasteiger partial charge in [-0.15, -0.1) is 0 Å². The normalized spacial score (nSPS) is 28.4. The quantitative estimate of drug-likeness (QED) is 0.771. The van der Waals surface area contributed by atoms with Crippen molar-refractivity contribution >= 4 is 21.4 Å². The van der Waals surface area contributed by atoms with Gasteiger partial charge in [0.05, 0.1) is 21.5 Å². The van der Waals surface area contributed by atoms with E-state index in [0.29, 0.717) is 32.2 Å². The predicted octanol–water partition coefficient (Wildman–Crippen LogP) is 4.23. The van der Waals surface area contributed by atoms with Crippen LogP contribution in [0, 0.1) is 5.41 Å². The summed E-state index contributed by atoms with van der Waals surface area (Å²) in [7, 11) is -3.42. The van der Waals surface area contributed by atoms with E-state index in [1.807, 2.05) is 17.0 Å². The fraction of sp³-hybridized carbons (Fsp3) is 0.708. The molecule has 1 aliphatic carbocycles. The van der Waals surface area contributed by atoms with Gasteiger partial charge in [-0.25, -0.2) is 8.42 Å². The van der Waals surface area contributed by atoms with E-state index in [2.05, 4.69) is 32.9 Å². The largest absolute Gasteiger partial charge is 0.389 e. The van der Waals surface area contributed by atoms with Gasteiger partial charge in [-0.2, -0.15) is 0 Å². The summed E-state index contributed by atoms with van der Waals surface area (Å²) < 4.78 is 24.3. The second-order valence-electron chi connectivity index (χ2n) is 11.4. The summed E-state index contributed by atoms with van der Waals surface area (Å²) >= 11 is 0. The number of sulfone groups is 1. The van der Waals surface area contributed by atoms with Crippen molar-refractivity contribution in [2.75, 3.05) is 17.2 Å². The van der Waals surface area contributed by atoms with Crippen molar-refractivity contribution in [3.8, 4) is 0 Å². The molecule has 0 atom stereocenters. The first-order valence-electron chi connectivity index (χ1n) is 11.0. The van der Waals surface area contributed by atoms with Crippen LogP contribution in [0.5, 0.6) is 0 Å². The number of benzene rings is 1. The molecule has 1 saturated carbocycles. The van der Waals surface area contributed by atoms with Crippen LogP contribution in [0.15, 0.2) is 24.3 Å². The zero-order valence-corrected chi connectivity index (χ0v) is 20.1. The maximum Gasteiger partial charge on any atom is 0.233 e. The van der Waals surface area contributed by atoms with Crippen LogP contribution >= 0.6 is 0 Å². The summed E-state index contributed by atoms with van der Waals surface area (Å²) in [5, 5.41) is 11.0. The number of aliphatic hydroxyl groups is 1. The number of carbonyl (C=O) groups is 1. The van der Waals surface area contributed by atoms with Gasteiger partial charge in [0, 0.05) is 12.2 Å². The van der Waals surface area contributed by atoms with Crippen LogP contribution in [-0.4, -0.2) is 42.1 Å². The van der Waals surface area contributed by atoms with Gasteiger partial charge in [0.2, 0.25) is 5.91 Å². The van der Waals surface area contributed by atoms with Crippen LogP contribution < -0.4 is 4.90 Å². The monoisotopic (exact) mass is 435 g/mol. The highest BCUT2D eigenvalue weighted by atomic mass is 32.2. The van der Waals surface area contributed by atoms with Crippen LogP contribution in [0.3, 0.4) is 0 Å². The van der Waals surface area contributed by atoms with Gasteiger partial charge in [-0.1, -0.05) is 32.9 Å². The van der Waals surface area contributed by atoms with Gasteiger partial charge < -0.3 is 10.0 Å². The Morgan fingerprint density at radius 2 is 1.47 bits per heavy atom. The average molecular weight is 436 g/mol. The van der Waals surface area contributed by atoms with Crippen LogP contribution in [0.25, 0.3) is 0 Å². The SMILES string of the molecule is CC(C)(C)c1ccc(N2CC[C@]3(CC[C@@](O)(CS(=O)(=O)C(C)(C)C)CC3)C2=O)cc1. The standard InChI is InChI=1S/C24H37NO4S/c1-21(2,3)18-7-9-19(10-8-18)25-16-15-23(20(25)26)11-13-24(27,14-12-23)17-30(28,29)22(4,5)6/h7-10,27H,11-17H2,1-6H3/t23-,24+. The number of carbonyl (C=O) groups excluding carboxylic acids is 1. The highest BCUT2D eigenvalue weighted by Gasteiger charge is 2.53. The van der Waals surface area contributed by atoms with Gasteiger partial charge in [-0.3, -0.25) is 4.79 Å². The molecule has 0 aromatic heterocycles. The van der Waals surface area contributed by atoms with E-state index in [1.165, 1.54) is 5.56 Å². The zero-order valence-electron chi connectivity index (χ0n) is 19.3. The number of hydrogen-bond donors (Lipinski definition) is 1. The molecule has 1 aromatic rings. The third-order valence-electron chi connectivity index (χ3n) is 7.09. The van der Waals surface area contributed by atoms with E-state index < -0.39 is 25.6 Å². The van der Waals surface area contributed by atoms with Gasteiger partial charge in [0.25, 0.3) is 0 Å². The molecule has 1 spiro atoms. The maximum atomic E-state index is 13.3. The van der Waals surface area contributed by atoms with Crippen molar-refractivity contribution in [1.29, 1.82) is 0 Å². The second-order valence-corrected chi connectivity index (χ2v) is 14.1. The lowest BCUT2D eigenvalue weighted by atomic mass is 9.68. The number of anilines is 1. The van der Waals surface area contributed by atoms with Gasteiger partial charge in [0.15, 0.2) is 9.84 Å². The molecule has 0 unspecified atom stereocenters. The molecule has 6 heteroatoms. The average Bonchev–Trinajstić information content (AvgIpc) is 2.93. The van der Waals surface area contributed by atoms with Crippen LogP contribution in [0.4, 0.5) is 5.69 Å². The zero-order chi connectivity index (χ0) is 22.6. The summed E-state index contributed by atoms with van der Waals surface area (Å²) in [4.78, 5) is 15.2. The molecule has 1 N–H and O–H groups in total. The summed E-state index contributed by atoms with van der Waals surface area (Å²) in [6, 6.07) is 8.22. The number of hydrogen-bond acceptors (Lipinski definition) is 4. The van der Waals surface area contributed by atoms with Crippen molar-refractivity contribution in [3.05, 3.63) is 29.8 Å². The molecule has 2 aliphatic rings. The molecule has 1 saturated heterocycles. The lowest BCUT2D eigenvalue weighted by Crippen LogP contribution is -2.49. The van der Waals surface area contributed by atoms with E-state index in [4.69, 9.17) is 0 Å². The van der Waals surface area contributed by atoms with E-state index in [0.717, 1.165) is 12.1 Å². The molecule has 1 heterocycles. The molecule has 1 aromatic carbocycles. The minimum Gasteiger partial charge on any atom is -0.389 e. The molecule has 0 radical (unpaired) electrons. The molecule has 3 rings (SSSR count). The Kier molecular flexibility index (Phi) is 5.69. The second kappa shape index (κ2) is 7.33. The van der Waals surface area contributed by atoms with Gasteiger partial charge >= 0.3 is 0 Å². The van der Waals surface area contributed by atoms with Gasteiger partial charge in [-0.05, 0) is 76.0 Å². The van der Waals surface area contributed by atoms with Gasteiger partial charge in [0.1, 0.15) is 0 Å². The Morgan fingerprint density at radius 1 is 0.933 bits per heavy atom. The lowest BCUT2D eigenvalue weighted by Gasteiger charge is -2.41. The molecule has 1 aliphatic heterocycles. The number of nitrogens with zero attached hydrogens (tertiary/aromatic N) is 1. The van der Waals surface area contributed by atoms with Crippen molar-refractivity contribution in [3.63, 3.8) is 0 Å². The molecule has 2 fully saturated rings. The van der Waals surface area contributed by atoms with Crippen molar-refractivity contribution in [2.45, 2.75) is 89.4 Å². The summed E-state index contributed by atoms with van der Waals surface area (Å²) in [5.41, 5.74) is 0.506. The Morgan fingerprint density at radius 3 is 1.93 bits per heavy atom. The minimum atomic E-state index is -3.42. The third kappa shape index (κ3) is 4.31. The highest BCUT2D eigenvalue weighted by Crippen LogP contribution is 2.49. The number of amides is 1. The van der Waals surface area contributed by atoms with Crippen molar-refractivity contribution in [2.24, 2.45) is 5.41 Å². The first kappa shape index (κ1) is 23.3. The van der Waals surface area contributed by atoms with Crippen LogP contribution in [0.1, 0.15) is 79.2 Å². The van der Waals surface area contributed by atoms with E-state index in [9.17, 15) is 18.3 Å². The molecular weight excluding hydrogens is 398 g/mol. The smallest absolute Gasteiger partial charge is 0.233 e. The third-order valence-corrected chi connectivity index (χ3v) is 9.87. The summed E-state index contributed by atoms with van der Waals surface area (Å²) in [6.07, 6.45) is 2.54. The molecule has 0 bridgehead atoms. The van der Waals surface area contributed by atoms with Crippen LogP contribution in [0.2, 0.25) is 0 Å². The van der Waals surface area contributed by atoms with E-state index in [-0.39, 0.29) is 17.1 Å². The maximum absolute atomic E-state index is 13.3. The summed E-state index contributed by atoms with van der Waals surface area (Å²) in [6.45, 7) is 12.2. The molecule has 168 valence electrons. The van der Waals surface area contributed by atoms with Crippen LogP contribution in [-0.2, 0) is 20.0 Å². The van der Waals surface area contributed by atoms with E-state index >= 15 is 0 Å². The predicted molar refractivity (Wildman–Crippen MR) is 122 cm³/mol. The molecule has 1 amide bonds. The molecule has 5 nitrogen and oxygen atoms in total. The number of rotatable bonds is 3. The Bertz CT molecular complexity index is 896. The van der Waals surface area contributed by atoms with Crippen molar-refractivity contribution < 1.29 is 18.3 Å².